The number of nitrogens with zero attached hydrogens (tertiary/aromatic N) is 1. The molecule has 4 rings (SSSR count). The highest BCUT2D eigenvalue weighted by atomic mass is 15.1. The third-order valence-corrected chi connectivity index (χ3v) is 4.31. The van der Waals surface area contributed by atoms with E-state index in [4.69, 9.17) is 0 Å². The normalized spacial score (nSPS) is 17.6. The van der Waals surface area contributed by atoms with Crippen LogP contribution in [0.2, 0.25) is 0 Å². The lowest BCUT2D eigenvalue weighted by molar-refractivity contribution is 0.518. The minimum Gasteiger partial charge on any atom is -0.348 e. The standard InChI is InChI=1S/C16H18N2/c1-2-12-4-5-14(10-13(12)3-1)15-6-8-18-9-7-17-11-16(15)18/h4-6,8,10,17H,1-3,7,9,11H2. The van der Waals surface area contributed by atoms with Gasteiger partial charge in [0, 0.05) is 37.1 Å². The van der Waals surface area contributed by atoms with Crippen LogP contribution in [-0.2, 0) is 25.9 Å². The van der Waals surface area contributed by atoms with E-state index in [9.17, 15) is 0 Å². The van der Waals surface area contributed by atoms with E-state index in [-0.39, 0.29) is 0 Å². The summed E-state index contributed by atoms with van der Waals surface area (Å²) in [5.41, 5.74) is 7.38. The number of hydrogen-bond donors (Lipinski definition) is 1. The van der Waals surface area contributed by atoms with Crippen LogP contribution in [0.4, 0.5) is 0 Å². The molecule has 0 fully saturated rings. The highest BCUT2D eigenvalue weighted by molar-refractivity contribution is 5.68. The second kappa shape index (κ2) is 3.99. The van der Waals surface area contributed by atoms with E-state index in [1.54, 1.807) is 11.1 Å². The largest absolute Gasteiger partial charge is 0.348 e. The monoisotopic (exact) mass is 238 g/mol. The topological polar surface area (TPSA) is 17.0 Å². The van der Waals surface area contributed by atoms with Gasteiger partial charge < -0.3 is 9.88 Å². The molecule has 0 saturated heterocycles. The van der Waals surface area contributed by atoms with Crippen molar-refractivity contribution in [1.29, 1.82) is 0 Å². The molecule has 2 aromatic rings. The van der Waals surface area contributed by atoms with Crippen molar-refractivity contribution < 1.29 is 0 Å². The molecule has 0 saturated carbocycles. The lowest BCUT2D eigenvalue weighted by atomic mass is 10.0. The number of rotatable bonds is 1. The van der Waals surface area contributed by atoms with Gasteiger partial charge in [-0.2, -0.15) is 0 Å². The Bertz CT molecular complexity index is 595. The molecule has 0 amide bonds. The molecule has 92 valence electrons. The van der Waals surface area contributed by atoms with Crippen LogP contribution in [0.1, 0.15) is 23.2 Å². The summed E-state index contributed by atoms with van der Waals surface area (Å²) >= 11 is 0. The van der Waals surface area contributed by atoms with Crippen LogP contribution < -0.4 is 5.32 Å². The molecule has 0 radical (unpaired) electrons. The number of aromatic nitrogens is 1. The van der Waals surface area contributed by atoms with Crippen molar-refractivity contribution in [2.75, 3.05) is 6.54 Å². The van der Waals surface area contributed by atoms with Gasteiger partial charge in [-0.3, -0.25) is 0 Å². The van der Waals surface area contributed by atoms with Gasteiger partial charge in [0.05, 0.1) is 0 Å². The Kier molecular flexibility index (Phi) is 2.30. The van der Waals surface area contributed by atoms with Crippen LogP contribution in [-0.4, -0.2) is 11.1 Å². The fourth-order valence-electron chi connectivity index (χ4n) is 3.32. The second-order valence-corrected chi connectivity index (χ2v) is 5.38. The smallest absolute Gasteiger partial charge is 0.0394 e. The summed E-state index contributed by atoms with van der Waals surface area (Å²) in [5.74, 6) is 0. The van der Waals surface area contributed by atoms with E-state index in [1.807, 2.05) is 0 Å². The Morgan fingerprint density at radius 1 is 1.06 bits per heavy atom. The highest BCUT2D eigenvalue weighted by Gasteiger charge is 2.16. The predicted octanol–water partition coefficient (Wildman–Crippen LogP) is 2.75. The average molecular weight is 238 g/mol. The van der Waals surface area contributed by atoms with Gasteiger partial charge in [0.25, 0.3) is 0 Å². The van der Waals surface area contributed by atoms with Gasteiger partial charge in [-0.1, -0.05) is 18.2 Å². The lowest BCUT2D eigenvalue weighted by Crippen LogP contribution is -2.27. The van der Waals surface area contributed by atoms with Gasteiger partial charge in [0.15, 0.2) is 0 Å². The molecule has 1 aliphatic carbocycles. The van der Waals surface area contributed by atoms with E-state index in [2.05, 4.69) is 40.3 Å². The fourth-order valence-corrected chi connectivity index (χ4v) is 3.32. The third kappa shape index (κ3) is 1.52. The molecule has 1 aromatic carbocycles. The van der Waals surface area contributed by atoms with Crippen LogP contribution in [0.3, 0.4) is 0 Å². The second-order valence-electron chi connectivity index (χ2n) is 5.38. The van der Waals surface area contributed by atoms with Crippen molar-refractivity contribution in [2.45, 2.75) is 32.4 Å². The predicted molar refractivity (Wildman–Crippen MR) is 73.6 cm³/mol. The first-order valence-electron chi connectivity index (χ1n) is 6.93. The number of fused-ring (bicyclic) bond motifs is 2. The number of benzene rings is 1. The molecule has 1 aliphatic heterocycles. The minimum absolute atomic E-state index is 0.999. The molecule has 0 atom stereocenters. The van der Waals surface area contributed by atoms with E-state index in [0.717, 1.165) is 19.6 Å². The fraction of sp³-hybridized carbons (Fsp3) is 0.375. The Balaban J connectivity index is 1.81. The molecule has 18 heavy (non-hydrogen) atoms. The van der Waals surface area contributed by atoms with E-state index < -0.39 is 0 Å². The van der Waals surface area contributed by atoms with Crippen LogP contribution in [0.15, 0.2) is 30.5 Å². The molecular formula is C16H18N2. The van der Waals surface area contributed by atoms with Crippen LogP contribution >= 0.6 is 0 Å². The first-order chi connectivity index (χ1) is 8.92. The summed E-state index contributed by atoms with van der Waals surface area (Å²) < 4.78 is 2.39. The van der Waals surface area contributed by atoms with Crippen LogP contribution in [0, 0.1) is 0 Å². The van der Waals surface area contributed by atoms with E-state index in [0.29, 0.717) is 0 Å². The van der Waals surface area contributed by atoms with Crippen molar-refractivity contribution >= 4 is 0 Å². The summed E-state index contributed by atoms with van der Waals surface area (Å²) in [7, 11) is 0. The first-order valence-corrected chi connectivity index (χ1v) is 6.93. The maximum Gasteiger partial charge on any atom is 0.0394 e. The van der Waals surface area contributed by atoms with Gasteiger partial charge in [-0.05, 0) is 42.0 Å². The van der Waals surface area contributed by atoms with Crippen molar-refractivity contribution in [1.82, 2.24) is 9.88 Å². The first kappa shape index (κ1) is 10.4. The van der Waals surface area contributed by atoms with Gasteiger partial charge in [-0.25, -0.2) is 0 Å². The summed E-state index contributed by atoms with van der Waals surface area (Å²) in [6, 6.07) is 9.32. The zero-order valence-electron chi connectivity index (χ0n) is 10.6. The molecule has 0 bridgehead atoms. The Morgan fingerprint density at radius 3 is 3.00 bits per heavy atom. The zero-order chi connectivity index (χ0) is 11.9. The average Bonchev–Trinajstić information content (AvgIpc) is 3.04. The molecule has 2 nitrogen and oxygen atoms in total. The molecule has 2 aliphatic rings. The van der Waals surface area contributed by atoms with Crippen LogP contribution in [0.25, 0.3) is 11.1 Å². The maximum atomic E-state index is 3.47. The van der Waals surface area contributed by atoms with Crippen LogP contribution in [0.5, 0.6) is 0 Å². The van der Waals surface area contributed by atoms with E-state index >= 15 is 0 Å². The summed E-state index contributed by atoms with van der Waals surface area (Å²) in [6.07, 6.45) is 6.09. The summed E-state index contributed by atoms with van der Waals surface area (Å²) in [4.78, 5) is 0. The molecule has 2 heterocycles. The molecule has 1 N–H and O–H groups in total. The minimum atomic E-state index is 0.999. The highest BCUT2D eigenvalue weighted by Crippen LogP contribution is 2.31. The molecular weight excluding hydrogens is 220 g/mol. The van der Waals surface area contributed by atoms with Gasteiger partial charge in [0.1, 0.15) is 0 Å². The number of nitrogens with one attached hydrogen (secondary N) is 1. The van der Waals surface area contributed by atoms with Gasteiger partial charge >= 0.3 is 0 Å². The van der Waals surface area contributed by atoms with Crippen molar-refractivity contribution in [3.05, 3.63) is 47.3 Å². The van der Waals surface area contributed by atoms with Crippen molar-refractivity contribution in [2.24, 2.45) is 0 Å². The molecule has 2 heteroatoms. The SMILES string of the molecule is c1cc2c(cc1-c1ccn3c1CNCC3)CCC2. The van der Waals surface area contributed by atoms with Crippen molar-refractivity contribution in [3.63, 3.8) is 0 Å². The Labute approximate surface area is 108 Å². The maximum absolute atomic E-state index is 3.47. The lowest BCUT2D eigenvalue weighted by Gasteiger charge is -2.18. The molecule has 0 spiro atoms. The Hall–Kier alpha value is -1.54. The van der Waals surface area contributed by atoms with Gasteiger partial charge in [0.2, 0.25) is 0 Å². The molecule has 1 aromatic heterocycles. The Morgan fingerprint density at radius 2 is 2.00 bits per heavy atom. The van der Waals surface area contributed by atoms with E-state index in [1.165, 1.54) is 36.1 Å². The quantitative estimate of drug-likeness (QED) is 0.808. The third-order valence-electron chi connectivity index (χ3n) is 4.31. The summed E-state index contributed by atoms with van der Waals surface area (Å²) in [5, 5.41) is 3.47. The molecule has 0 unspecified atom stereocenters. The van der Waals surface area contributed by atoms with Crippen molar-refractivity contribution in [3.8, 4) is 11.1 Å². The number of aryl methyl sites for hydroxylation is 2. The number of hydrogen-bond acceptors (Lipinski definition) is 1. The van der Waals surface area contributed by atoms with Gasteiger partial charge in [-0.15, -0.1) is 0 Å². The zero-order valence-corrected chi connectivity index (χ0v) is 10.6. The summed E-state index contributed by atoms with van der Waals surface area (Å²) in [6.45, 7) is 3.19.